The third-order valence-corrected chi connectivity index (χ3v) is 1.98. The highest BCUT2D eigenvalue weighted by Gasteiger charge is 2.06. The van der Waals surface area contributed by atoms with Crippen LogP contribution in [0.1, 0.15) is 5.56 Å². The van der Waals surface area contributed by atoms with Crippen LogP contribution in [-0.2, 0) is 6.54 Å². The van der Waals surface area contributed by atoms with Crippen LogP contribution in [0.5, 0.6) is 5.75 Å². The number of nitrogens with one attached hydrogen (secondary N) is 2. The van der Waals surface area contributed by atoms with Crippen molar-refractivity contribution in [1.82, 2.24) is 5.32 Å². The molecule has 5 nitrogen and oxygen atoms in total. The monoisotopic (exact) mass is 209 g/mol. The van der Waals surface area contributed by atoms with Gasteiger partial charge in [-0.2, -0.15) is 0 Å². The molecule has 0 aliphatic heterocycles. The van der Waals surface area contributed by atoms with Gasteiger partial charge in [0.2, 0.25) is 0 Å². The zero-order chi connectivity index (χ0) is 11.3. The highest BCUT2D eigenvalue weighted by atomic mass is 16.5. The molecule has 0 unspecified atom stereocenters. The predicted octanol–water partition coefficient (Wildman–Crippen LogP) is 0.905. The number of hydrogen-bond acceptors (Lipinski definition) is 3. The zero-order valence-electron chi connectivity index (χ0n) is 8.83. The second kappa shape index (κ2) is 5.21. The van der Waals surface area contributed by atoms with E-state index >= 15 is 0 Å². The topological polar surface area (TPSA) is 76.4 Å². The first-order valence-corrected chi connectivity index (χ1v) is 4.57. The average Bonchev–Trinajstić information content (AvgIpc) is 2.29. The summed E-state index contributed by atoms with van der Waals surface area (Å²) in [7, 11) is 3.10. The molecule has 0 bridgehead atoms. The lowest BCUT2D eigenvalue weighted by Gasteiger charge is -2.10. The van der Waals surface area contributed by atoms with Gasteiger partial charge in [-0.1, -0.05) is 6.07 Å². The molecule has 0 aliphatic rings. The molecule has 0 spiro atoms. The molecule has 1 aromatic carbocycles. The largest absolute Gasteiger partial charge is 0.495 e. The van der Waals surface area contributed by atoms with Crippen molar-refractivity contribution >= 4 is 11.7 Å². The van der Waals surface area contributed by atoms with Gasteiger partial charge in [0.15, 0.2) is 0 Å². The number of rotatable bonds is 3. The molecule has 0 heterocycles. The predicted molar refractivity (Wildman–Crippen MR) is 59.0 cm³/mol. The second-order valence-electron chi connectivity index (χ2n) is 2.94. The van der Waals surface area contributed by atoms with Gasteiger partial charge in [-0.15, -0.1) is 0 Å². The number of amides is 2. The normalized spacial score (nSPS) is 9.53. The molecule has 4 N–H and O–H groups in total. The number of hydrogen-bond donors (Lipinski definition) is 3. The number of benzene rings is 1. The van der Waals surface area contributed by atoms with Crippen molar-refractivity contribution < 1.29 is 9.53 Å². The Morgan fingerprint density at radius 3 is 2.80 bits per heavy atom. The molecular formula is C10H15N3O2. The maximum absolute atomic E-state index is 11.1. The van der Waals surface area contributed by atoms with E-state index in [-0.39, 0.29) is 6.03 Å². The van der Waals surface area contributed by atoms with E-state index in [0.29, 0.717) is 18.0 Å². The smallest absolute Gasteiger partial charge is 0.319 e. The standard InChI is InChI=1S/C10H15N3O2/c1-12-10(14)13-8-4-3-7(6-11)5-9(8)15-2/h3-5H,6,11H2,1-2H3,(H2,12,13,14). The molecule has 0 radical (unpaired) electrons. The molecule has 0 fully saturated rings. The van der Waals surface area contributed by atoms with E-state index in [4.69, 9.17) is 10.5 Å². The number of ether oxygens (including phenoxy) is 1. The summed E-state index contributed by atoms with van der Waals surface area (Å²) in [5, 5.41) is 5.11. The molecule has 82 valence electrons. The highest BCUT2D eigenvalue weighted by molar-refractivity contribution is 5.90. The SMILES string of the molecule is CNC(=O)Nc1ccc(CN)cc1OC. The Morgan fingerprint density at radius 2 is 2.27 bits per heavy atom. The van der Waals surface area contributed by atoms with E-state index in [0.717, 1.165) is 5.56 Å². The molecule has 15 heavy (non-hydrogen) atoms. The maximum Gasteiger partial charge on any atom is 0.319 e. The summed E-state index contributed by atoms with van der Waals surface area (Å²) in [6.07, 6.45) is 0. The van der Waals surface area contributed by atoms with Gasteiger partial charge in [-0.3, -0.25) is 0 Å². The van der Waals surface area contributed by atoms with Crippen molar-refractivity contribution in [2.24, 2.45) is 5.73 Å². The molecule has 0 atom stereocenters. The summed E-state index contributed by atoms with van der Waals surface area (Å²) in [6, 6.07) is 5.11. The quantitative estimate of drug-likeness (QED) is 0.692. The Morgan fingerprint density at radius 1 is 1.53 bits per heavy atom. The second-order valence-corrected chi connectivity index (χ2v) is 2.94. The fourth-order valence-corrected chi connectivity index (χ4v) is 1.15. The third kappa shape index (κ3) is 2.85. The van der Waals surface area contributed by atoms with Crippen molar-refractivity contribution in [1.29, 1.82) is 0 Å². The van der Waals surface area contributed by atoms with Gasteiger partial charge < -0.3 is 21.1 Å². The van der Waals surface area contributed by atoms with Crippen molar-refractivity contribution in [3.8, 4) is 5.75 Å². The van der Waals surface area contributed by atoms with E-state index in [1.54, 1.807) is 26.3 Å². The van der Waals surface area contributed by atoms with Crippen LogP contribution in [0.25, 0.3) is 0 Å². The van der Waals surface area contributed by atoms with Crippen LogP contribution in [0.4, 0.5) is 10.5 Å². The lowest BCUT2D eigenvalue weighted by atomic mass is 10.2. The molecule has 5 heteroatoms. The molecule has 0 saturated heterocycles. The molecule has 0 aromatic heterocycles. The van der Waals surface area contributed by atoms with Crippen LogP contribution in [0.3, 0.4) is 0 Å². The van der Waals surface area contributed by atoms with Gasteiger partial charge in [0, 0.05) is 13.6 Å². The minimum absolute atomic E-state index is 0.284. The van der Waals surface area contributed by atoms with Crippen molar-refractivity contribution in [3.05, 3.63) is 23.8 Å². The minimum atomic E-state index is -0.284. The highest BCUT2D eigenvalue weighted by Crippen LogP contribution is 2.25. The summed E-state index contributed by atoms with van der Waals surface area (Å²) in [5.74, 6) is 0.599. The van der Waals surface area contributed by atoms with Crippen molar-refractivity contribution in [2.75, 3.05) is 19.5 Å². The van der Waals surface area contributed by atoms with Crippen LogP contribution in [0.15, 0.2) is 18.2 Å². The fourth-order valence-electron chi connectivity index (χ4n) is 1.15. The Kier molecular flexibility index (Phi) is 3.93. The van der Waals surface area contributed by atoms with Gasteiger partial charge >= 0.3 is 6.03 Å². The first-order chi connectivity index (χ1) is 7.21. The van der Waals surface area contributed by atoms with E-state index in [9.17, 15) is 4.79 Å². The van der Waals surface area contributed by atoms with E-state index in [2.05, 4.69) is 10.6 Å². The van der Waals surface area contributed by atoms with Gasteiger partial charge in [0.05, 0.1) is 12.8 Å². The van der Waals surface area contributed by atoms with Crippen LogP contribution in [-0.4, -0.2) is 20.2 Å². The maximum atomic E-state index is 11.1. The number of urea groups is 1. The van der Waals surface area contributed by atoms with Gasteiger partial charge in [-0.25, -0.2) is 4.79 Å². The lowest BCUT2D eigenvalue weighted by molar-refractivity contribution is 0.254. The number of carbonyl (C=O) groups excluding carboxylic acids is 1. The zero-order valence-corrected chi connectivity index (χ0v) is 8.83. The molecule has 0 saturated carbocycles. The summed E-state index contributed by atoms with van der Waals surface area (Å²) >= 11 is 0. The Labute approximate surface area is 88.6 Å². The Hall–Kier alpha value is -1.75. The van der Waals surface area contributed by atoms with E-state index < -0.39 is 0 Å². The first-order valence-electron chi connectivity index (χ1n) is 4.57. The van der Waals surface area contributed by atoms with Crippen molar-refractivity contribution in [3.63, 3.8) is 0 Å². The third-order valence-electron chi connectivity index (χ3n) is 1.98. The van der Waals surface area contributed by atoms with E-state index in [1.807, 2.05) is 6.07 Å². The summed E-state index contributed by atoms with van der Waals surface area (Å²) in [5.41, 5.74) is 7.07. The van der Waals surface area contributed by atoms with Crippen LogP contribution < -0.4 is 21.1 Å². The first kappa shape index (κ1) is 11.3. The molecule has 1 aromatic rings. The van der Waals surface area contributed by atoms with Crippen LogP contribution in [0.2, 0.25) is 0 Å². The average molecular weight is 209 g/mol. The number of anilines is 1. The van der Waals surface area contributed by atoms with Gasteiger partial charge in [0.1, 0.15) is 5.75 Å². The summed E-state index contributed by atoms with van der Waals surface area (Å²) < 4.78 is 5.14. The van der Waals surface area contributed by atoms with Crippen LogP contribution >= 0.6 is 0 Å². The Bertz CT molecular complexity index is 353. The van der Waals surface area contributed by atoms with Crippen LogP contribution in [0, 0.1) is 0 Å². The van der Waals surface area contributed by atoms with Crippen molar-refractivity contribution in [2.45, 2.75) is 6.54 Å². The number of nitrogens with two attached hydrogens (primary N) is 1. The molecule has 2 amide bonds. The molecular weight excluding hydrogens is 194 g/mol. The lowest BCUT2D eigenvalue weighted by Crippen LogP contribution is -2.24. The molecule has 1 rings (SSSR count). The van der Waals surface area contributed by atoms with E-state index in [1.165, 1.54) is 0 Å². The summed E-state index contributed by atoms with van der Waals surface area (Å²) in [6.45, 7) is 0.441. The van der Waals surface area contributed by atoms with Gasteiger partial charge in [-0.05, 0) is 17.7 Å². The summed E-state index contributed by atoms with van der Waals surface area (Å²) in [4.78, 5) is 11.1. The molecule has 0 aliphatic carbocycles. The minimum Gasteiger partial charge on any atom is -0.495 e. The van der Waals surface area contributed by atoms with Gasteiger partial charge in [0.25, 0.3) is 0 Å². The number of carbonyl (C=O) groups is 1. The number of methoxy groups -OCH3 is 1. The fraction of sp³-hybridized carbons (Fsp3) is 0.300. The Balaban J connectivity index is 2.92.